The Kier molecular flexibility index (Phi) is 9.87. The summed E-state index contributed by atoms with van der Waals surface area (Å²) in [4.78, 5) is 4.56. The largest absolute Gasteiger partial charge is 0.469 e. The zero-order chi connectivity index (χ0) is 16.0. The van der Waals surface area contributed by atoms with Gasteiger partial charge in [-0.1, -0.05) is 6.08 Å². The molecular weight excluding hydrogens is 278 g/mol. The van der Waals surface area contributed by atoms with E-state index in [9.17, 15) is 0 Å². The zero-order valence-electron chi connectivity index (χ0n) is 13.8. The molecule has 0 atom stereocenters. The molecule has 0 aliphatic carbocycles. The molecule has 1 aromatic rings. The number of unbranched alkanes of at least 4 members (excludes halogenated alkanes) is 1. The number of aliphatic imine (C=N–C) groups is 1. The molecule has 1 heterocycles. The van der Waals surface area contributed by atoms with Gasteiger partial charge >= 0.3 is 0 Å². The molecule has 0 fully saturated rings. The molecule has 1 rings (SSSR count). The minimum absolute atomic E-state index is 0.302. The van der Waals surface area contributed by atoms with Gasteiger partial charge in [-0.15, -0.1) is 6.58 Å². The molecule has 0 saturated carbocycles. The molecule has 1 aromatic heterocycles. The number of guanidine groups is 1. The number of hydrogen-bond donors (Lipinski definition) is 2. The van der Waals surface area contributed by atoms with E-state index in [0.717, 1.165) is 50.7 Å². The van der Waals surface area contributed by atoms with E-state index in [-0.39, 0.29) is 0 Å². The van der Waals surface area contributed by atoms with Gasteiger partial charge in [-0.2, -0.15) is 0 Å². The van der Waals surface area contributed by atoms with Gasteiger partial charge in [0, 0.05) is 32.7 Å². The second-order valence-electron chi connectivity index (χ2n) is 5.28. The predicted octanol–water partition coefficient (Wildman–Crippen LogP) is 2.75. The molecule has 0 bridgehead atoms. The maximum Gasteiger partial charge on any atom is 0.191 e. The van der Waals surface area contributed by atoms with Crippen molar-refractivity contribution in [3.05, 3.63) is 36.8 Å². The lowest BCUT2D eigenvalue weighted by Gasteiger charge is -2.11. The lowest BCUT2D eigenvalue weighted by Crippen LogP contribution is -2.38. The van der Waals surface area contributed by atoms with Crippen LogP contribution in [0.25, 0.3) is 0 Å². The highest BCUT2D eigenvalue weighted by atomic mass is 16.5. The Morgan fingerprint density at radius 1 is 1.41 bits per heavy atom. The van der Waals surface area contributed by atoms with Crippen LogP contribution in [0, 0.1) is 0 Å². The Morgan fingerprint density at radius 2 is 2.27 bits per heavy atom. The minimum atomic E-state index is 0.302. The number of hydrogen-bond acceptors (Lipinski definition) is 3. The van der Waals surface area contributed by atoms with Crippen molar-refractivity contribution < 1.29 is 9.15 Å². The van der Waals surface area contributed by atoms with Crippen LogP contribution in [0.4, 0.5) is 0 Å². The minimum Gasteiger partial charge on any atom is -0.469 e. The zero-order valence-corrected chi connectivity index (χ0v) is 13.8. The van der Waals surface area contributed by atoms with Gasteiger partial charge < -0.3 is 19.8 Å². The van der Waals surface area contributed by atoms with Crippen molar-refractivity contribution in [3.8, 4) is 0 Å². The molecule has 0 aliphatic heterocycles. The van der Waals surface area contributed by atoms with Crippen LogP contribution in [0.15, 0.2) is 40.5 Å². The third-order valence-corrected chi connectivity index (χ3v) is 2.93. The normalized spacial score (nSPS) is 11.7. The fourth-order valence-corrected chi connectivity index (χ4v) is 1.83. The number of nitrogens with zero attached hydrogens (tertiary/aromatic N) is 1. The van der Waals surface area contributed by atoms with Crippen LogP contribution in [0.3, 0.4) is 0 Å². The Bertz CT molecular complexity index is 414. The van der Waals surface area contributed by atoms with Gasteiger partial charge in [-0.3, -0.25) is 4.99 Å². The van der Waals surface area contributed by atoms with E-state index in [1.165, 1.54) is 0 Å². The topological polar surface area (TPSA) is 58.8 Å². The van der Waals surface area contributed by atoms with Crippen molar-refractivity contribution in [1.82, 2.24) is 10.6 Å². The summed E-state index contributed by atoms with van der Waals surface area (Å²) in [6.45, 7) is 10.9. The number of furan rings is 1. The Labute approximate surface area is 133 Å². The van der Waals surface area contributed by atoms with E-state index in [2.05, 4.69) is 36.1 Å². The number of nitrogens with one attached hydrogen (secondary N) is 2. The predicted molar refractivity (Wildman–Crippen MR) is 91.2 cm³/mol. The fourth-order valence-electron chi connectivity index (χ4n) is 1.83. The third kappa shape index (κ3) is 9.23. The first kappa shape index (κ1) is 18.3. The van der Waals surface area contributed by atoms with E-state index < -0.39 is 0 Å². The molecule has 5 nitrogen and oxygen atoms in total. The van der Waals surface area contributed by atoms with Crippen LogP contribution < -0.4 is 10.6 Å². The summed E-state index contributed by atoms with van der Waals surface area (Å²) in [5, 5.41) is 6.52. The molecule has 0 unspecified atom stereocenters. The molecule has 0 aliphatic rings. The molecule has 22 heavy (non-hydrogen) atoms. The molecule has 0 radical (unpaired) electrons. The highest BCUT2D eigenvalue weighted by Crippen LogP contribution is 1.99. The Balaban J connectivity index is 2.22. The summed E-state index contributed by atoms with van der Waals surface area (Å²) in [5.41, 5.74) is 0. The first-order valence-electron chi connectivity index (χ1n) is 7.99. The molecular formula is C17H29N3O2. The quantitative estimate of drug-likeness (QED) is 0.286. The molecule has 0 amide bonds. The highest BCUT2D eigenvalue weighted by Gasteiger charge is 1.99. The first-order chi connectivity index (χ1) is 10.7. The van der Waals surface area contributed by atoms with Gasteiger partial charge in [0.1, 0.15) is 5.76 Å². The maximum absolute atomic E-state index is 5.52. The summed E-state index contributed by atoms with van der Waals surface area (Å²) in [7, 11) is 0. The molecule has 2 N–H and O–H groups in total. The second kappa shape index (κ2) is 11.9. The van der Waals surface area contributed by atoms with Crippen molar-refractivity contribution in [2.24, 2.45) is 4.99 Å². The average Bonchev–Trinajstić information content (AvgIpc) is 3.00. The SMILES string of the molecule is C=CCNC(=NCCCCOC(C)C)NCCc1ccco1. The van der Waals surface area contributed by atoms with E-state index in [0.29, 0.717) is 12.6 Å². The molecule has 0 spiro atoms. The summed E-state index contributed by atoms with van der Waals surface area (Å²) < 4.78 is 10.8. The fraction of sp³-hybridized carbons (Fsp3) is 0.588. The van der Waals surface area contributed by atoms with Crippen LogP contribution in [0.1, 0.15) is 32.4 Å². The van der Waals surface area contributed by atoms with Gasteiger partial charge in [-0.05, 0) is 38.8 Å². The smallest absolute Gasteiger partial charge is 0.191 e. The van der Waals surface area contributed by atoms with Crippen LogP contribution in [-0.2, 0) is 11.2 Å². The molecule has 0 saturated heterocycles. The van der Waals surface area contributed by atoms with Crippen LogP contribution in [0.2, 0.25) is 0 Å². The molecule has 0 aromatic carbocycles. The van der Waals surface area contributed by atoms with E-state index in [4.69, 9.17) is 9.15 Å². The van der Waals surface area contributed by atoms with Crippen molar-refractivity contribution in [2.75, 3.05) is 26.2 Å². The maximum atomic E-state index is 5.52. The lowest BCUT2D eigenvalue weighted by atomic mass is 10.3. The van der Waals surface area contributed by atoms with Crippen LogP contribution in [-0.4, -0.2) is 38.3 Å². The number of ether oxygens (including phenoxy) is 1. The second-order valence-corrected chi connectivity index (χ2v) is 5.28. The van der Waals surface area contributed by atoms with E-state index in [1.807, 2.05) is 18.2 Å². The summed E-state index contributed by atoms with van der Waals surface area (Å²) in [5.74, 6) is 1.79. The molecule has 124 valence electrons. The lowest BCUT2D eigenvalue weighted by molar-refractivity contribution is 0.0763. The van der Waals surface area contributed by atoms with E-state index in [1.54, 1.807) is 6.26 Å². The van der Waals surface area contributed by atoms with E-state index >= 15 is 0 Å². The summed E-state index contributed by atoms with van der Waals surface area (Å²) >= 11 is 0. The summed E-state index contributed by atoms with van der Waals surface area (Å²) in [6, 6.07) is 3.88. The Hall–Kier alpha value is -1.75. The van der Waals surface area contributed by atoms with Crippen molar-refractivity contribution in [2.45, 2.75) is 39.2 Å². The van der Waals surface area contributed by atoms with Crippen molar-refractivity contribution in [1.29, 1.82) is 0 Å². The Morgan fingerprint density at radius 3 is 2.95 bits per heavy atom. The monoisotopic (exact) mass is 307 g/mol. The van der Waals surface area contributed by atoms with Crippen molar-refractivity contribution >= 4 is 5.96 Å². The van der Waals surface area contributed by atoms with Gasteiger partial charge in [0.05, 0.1) is 12.4 Å². The average molecular weight is 307 g/mol. The van der Waals surface area contributed by atoms with Gasteiger partial charge in [0.2, 0.25) is 0 Å². The van der Waals surface area contributed by atoms with Crippen molar-refractivity contribution in [3.63, 3.8) is 0 Å². The first-order valence-corrected chi connectivity index (χ1v) is 7.99. The summed E-state index contributed by atoms with van der Waals surface area (Å²) in [6.07, 6.45) is 6.70. The molecule has 5 heteroatoms. The third-order valence-electron chi connectivity index (χ3n) is 2.93. The highest BCUT2D eigenvalue weighted by molar-refractivity contribution is 5.79. The van der Waals surface area contributed by atoms with Gasteiger partial charge in [0.25, 0.3) is 0 Å². The van der Waals surface area contributed by atoms with Gasteiger partial charge in [-0.25, -0.2) is 0 Å². The van der Waals surface area contributed by atoms with Crippen LogP contribution >= 0.6 is 0 Å². The van der Waals surface area contributed by atoms with Gasteiger partial charge in [0.15, 0.2) is 5.96 Å². The number of rotatable bonds is 11. The van der Waals surface area contributed by atoms with Crippen LogP contribution in [0.5, 0.6) is 0 Å². The standard InChI is InChI=1S/C17H29N3O2/c1-4-10-18-17(19-11-5-6-13-21-15(2)3)20-12-9-16-8-7-14-22-16/h4,7-8,14-15H,1,5-6,9-13H2,2-3H3,(H2,18,19,20).